The number of halogens is 2. The lowest BCUT2D eigenvalue weighted by Gasteiger charge is -2.41. The summed E-state index contributed by atoms with van der Waals surface area (Å²) in [5, 5.41) is 10.4. The summed E-state index contributed by atoms with van der Waals surface area (Å²) in [5.41, 5.74) is 7.23. The van der Waals surface area contributed by atoms with E-state index in [1.165, 1.54) is 0 Å². The molecule has 2 fully saturated rings. The highest BCUT2D eigenvalue weighted by Crippen LogP contribution is 2.47. The van der Waals surface area contributed by atoms with Crippen molar-refractivity contribution < 1.29 is 24.1 Å². The van der Waals surface area contributed by atoms with Crippen molar-refractivity contribution in [3.05, 3.63) is 75.5 Å². The minimum Gasteiger partial charge on any atom is -0.481 e. The molecule has 2 aromatic heterocycles. The van der Waals surface area contributed by atoms with E-state index in [0.717, 1.165) is 59.4 Å². The largest absolute Gasteiger partial charge is 0.481 e. The van der Waals surface area contributed by atoms with Crippen LogP contribution in [0.1, 0.15) is 29.3 Å². The van der Waals surface area contributed by atoms with Gasteiger partial charge in [0.25, 0.3) is 0 Å². The molecule has 0 saturated carbocycles. The number of fused-ring (bicyclic) bond motifs is 1. The van der Waals surface area contributed by atoms with Crippen molar-refractivity contribution in [3.8, 4) is 45.4 Å². The third kappa shape index (κ3) is 5.83. The second-order valence-electron chi connectivity index (χ2n) is 12.2. The molecule has 10 nitrogen and oxygen atoms in total. The predicted molar refractivity (Wildman–Crippen MR) is 179 cm³/mol. The summed E-state index contributed by atoms with van der Waals surface area (Å²) in [5.74, 6) is -0.0645. The van der Waals surface area contributed by atoms with Crippen molar-refractivity contribution >= 4 is 29.2 Å². The average molecular weight is 677 g/mol. The standard InChI is InChI=1S/C35H35Cl2N5O5/c1-45-21-16-41(17-21)18-28-33(46-2)40-27(13-38-28)25-9-5-7-23(32(25)37)22-6-4-8-24(31(22)36)26-12-19-10-11-29(30(19)34(39-26)47-3)42-14-20(15-42)35(43)44/h4-9,12-13,20-21,29H,10-11,14-18H2,1-3H3,(H,43,44)/t29-/m1/s1. The van der Waals surface area contributed by atoms with Crippen molar-refractivity contribution in [2.45, 2.75) is 31.5 Å². The van der Waals surface area contributed by atoms with Gasteiger partial charge in [0.2, 0.25) is 11.8 Å². The first-order chi connectivity index (χ1) is 22.8. The highest BCUT2D eigenvalue weighted by molar-refractivity contribution is 6.39. The van der Waals surface area contributed by atoms with Crippen LogP contribution in [0.5, 0.6) is 11.8 Å². The lowest BCUT2D eigenvalue weighted by Crippen LogP contribution is -2.51. The van der Waals surface area contributed by atoms with E-state index in [4.69, 9.17) is 52.4 Å². The Labute approximate surface area is 283 Å². The van der Waals surface area contributed by atoms with Gasteiger partial charge in [-0.1, -0.05) is 59.6 Å². The lowest BCUT2D eigenvalue weighted by molar-refractivity contribution is -0.148. The van der Waals surface area contributed by atoms with Crippen LogP contribution >= 0.6 is 23.2 Å². The number of benzene rings is 2. The Hall–Kier alpha value is -3.80. The zero-order valence-electron chi connectivity index (χ0n) is 26.4. The number of pyridine rings is 1. The first-order valence-electron chi connectivity index (χ1n) is 15.6. The van der Waals surface area contributed by atoms with Gasteiger partial charge in [-0.15, -0.1) is 0 Å². The number of aliphatic carboxylic acids is 1. The summed E-state index contributed by atoms with van der Waals surface area (Å²) in [6.07, 6.45) is 3.71. The van der Waals surface area contributed by atoms with Crippen molar-refractivity contribution in [1.82, 2.24) is 24.8 Å². The molecule has 244 valence electrons. The molecular weight excluding hydrogens is 641 g/mol. The molecule has 0 bridgehead atoms. The van der Waals surface area contributed by atoms with Gasteiger partial charge in [0.05, 0.1) is 53.9 Å². The molecule has 0 amide bonds. The fourth-order valence-corrected chi connectivity index (χ4v) is 7.50. The summed E-state index contributed by atoms with van der Waals surface area (Å²) in [4.78, 5) is 30.2. The molecule has 2 aliphatic heterocycles. The van der Waals surface area contributed by atoms with Crippen LogP contribution in [0.4, 0.5) is 0 Å². The molecule has 2 saturated heterocycles. The van der Waals surface area contributed by atoms with E-state index < -0.39 is 5.97 Å². The number of carboxylic acids is 1. The summed E-state index contributed by atoms with van der Waals surface area (Å²) >= 11 is 14.2. The number of carbonyl (C=O) groups is 1. The highest BCUT2D eigenvalue weighted by atomic mass is 35.5. The number of nitrogens with zero attached hydrogens (tertiary/aromatic N) is 5. The van der Waals surface area contributed by atoms with E-state index in [1.807, 2.05) is 36.4 Å². The predicted octanol–water partition coefficient (Wildman–Crippen LogP) is 6.03. The number of rotatable bonds is 10. The zero-order chi connectivity index (χ0) is 32.8. The Morgan fingerprint density at radius 3 is 2.13 bits per heavy atom. The number of likely N-dealkylation sites (tertiary alicyclic amines) is 2. The van der Waals surface area contributed by atoms with Crippen LogP contribution in [0, 0.1) is 5.92 Å². The van der Waals surface area contributed by atoms with E-state index in [-0.39, 0.29) is 18.1 Å². The third-order valence-corrected chi connectivity index (χ3v) is 10.3. The van der Waals surface area contributed by atoms with Crippen LogP contribution in [0.15, 0.2) is 48.7 Å². The smallest absolute Gasteiger partial charge is 0.309 e. The second kappa shape index (κ2) is 13.0. The van der Waals surface area contributed by atoms with Gasteiger partial charge in [-0.2, -0.15) is 0 Å². The third-order valence-electron chi connectivity index (χ3n) is 9.50. The Balaban J connectivity index is 1.18. The molecule has 4 heterocycles. The monoisotopic (exact) mass is 675 g/mol. The Morgan fingerprint density at radius 1 is 0.894 bits per heavy atom. The molecule has 0 spiro atoms. The number of ether oxygens (including phenoxy) is 3. The molecule has 0 radical (unpaired) electrons. The van der Waals surface area contributed by atoms with Crippen molar-refractivity contribution in [2.24, 2.45) is 5.92 Å². The summed E-state index contributed by atoms with van der Waals surface area (Å²) in [6, 6.07) is 13.8. The van der Waals surface area contributed by atoms with Crippen LogP contribution in [-0.2, 0) is 22.5 Å². The molecule has 3 aliphatic rings. The normalized spacial score (nSPS) is 18.4. The van der Waals surface area contributed by atoms with Gasteiger partial charge in [0.1, 0.15) is 5.69 Å². The minimum absolute atomic E-state index is 0.0926. The number of hydrogen-bond acceptors (Lipinski definition) is 9. The molecule has 1 aliphatic carbocycles. The highest BCUT2D eigenvalue weighted by Gasteiger charge is 2.41. The minimum atomic E-state index is -0.746. The van der Waals surface area contributed by atoms with Gasteiger partial charge in [-0.25, -0.2) is 9.97 Å². The number of aromatic nitrogens is 3. The summed E-state index contributed by atoms with van der Waals surface area (Å²) in [6.45, 7) is 3.39. The summed E-state index contributed by atoms with van der Waals surface area (Å²) < 4.78 is 16.8. The maximum Gasteiger partial charge on any atom is 0.309 e. The molecule has 47 heavy (non-hydrogen) atoms. The molecule has 0 unspecified atom stereocenters. The fourth-order valence-electron chi connectivity index (χ4n) is 6.85. The number of aryl methyl sites for hydroxylation is 1. The van der Waals surface area contributed by atoms with Crippen molar-refractivity contribution in [2.75, 3.05) is 47.5 Å². The van der Waals surface area contributed by atoms with Gasteiger partial charge >= 0.3 is 5.97 Å². The van der Waals surface area contributed by atoms with Gasteiger partial charge in [-0.3, -0.25) is 19.6 Å². The van der Waals surface area contributed by atoms with Gasteiger partial charge < -0.3 is 19.3 Å². The molecule has 4 aromatic rings. The first kappa shape index (κ1) is 31.8. The van der Waals surface area contributed by atoms with Gasteiger partial charge in [-0.05, 0) is 24.5 Å². The fraction of sp³-hybridized carbons (Fsp3) is 0.371. The Morgan fingerprint density at radius 2 is 1.51 bits per heavy atom. The maximum atomic E-state index is 11.4. The molecule has 1 N–H and O–H groups in total. The van der Waals surface area contributed by atoms with Crippen molar-refractivity contribution in [1.29, 1.82) is 0 Å². The van der Waals surface area contributed by atoms with E-state index >= 15 is 0 Å². The lowest BCUT2D eigenvalue weighted by atomic mass is 9.95. The van der Waals surface area contributed by atoms with Crippen LogP contribution in [-0.4, -0.2) is 89.4 Å². The second-order valence-corrected chi connectivity index (χ2v) is 13.0. The van der Waals surface area contributed by atoms with Crippen LogP contribution in [0.2, 0.25) is 10.0 Å². The SMILES string of the molecule is COc1nc(-c2cccc(-c3cccc(-c4cc5c(c(OC)n4)[C@H](N4CC(C(=O)O)C4)CC5)c3Cl)c2Cl)cnc1CN1CC(OC)C1. The van der Waals surface area contributed by atoms with Crippen LogP contribution < -0.4 is 9.47 Å². The molecule has 2 aromatic carbocycles. The van der Waals surface area contributed by atoms with E-state index in [9.17, 15) is 9.90 Å². The maximum absolute atomic E-state index is 11.4. The Kier molecular flexibility index (Phi) is 8.80. The number of hydrogen-bond donors (Lipinski definition) is 1. The van der Waals surface area contributed by atoms with Crippen molar-refractivity contribution in [3.63, 3.8) is 0 Å². The van der Waals surface area contributed by atoms with Crippen LogP contribution in [0.3, 0.4) is 0 Å². The first-order valence-corrected chi connectivity index (χ1v) is 16.3. The molecule has 1 atom stereocenters. The topological polar surface area (TPSA) is 110 Å². The van der Waals surface area contributed by atoms with E-state index in [0.29, 0.717) is 58.4 Å². The van der Waals surface area contributed by atoms with Gasteiger partial charge in [0.15, 0.2) is 0 Å². The average Bonchev–Trinajstić information content (AvgIpc) is 3.45. The summed E-state index contributed by atoms with van der Waals surface area (Å²) in [7, 11) is 4.94. The molecule has 12 heteroatoms. The van der Waals surface area contributed by atoms with E-state index in [1.54, 1.807) is 27.5 Å². The molecular formula is C35H35Cl2N5O5. The number of carboxylic acid groups (broad SMARTS) is 1. The molecule has 7 rings (SSSR count). The quantitative estimate of drug-likeness (QED) is 0.214. The van der Waals surface area contributed by atoms with Gasteiger partial charge in [0, 0.05) is 73.7 Å². The van der Waals surface area contributed by atoms with Crippen LogP contribution in [0.25, 0.3) is 33.6 Å². The Bertz CT molecular complexity index is 1840. The van der Waals surface area contributed by atoms with E-state index in [2.05, 4.69) is 15.9 Å². The zero-order valence-corrected chi connectivity index (χ0v) is 27.9. The number of methoxy groups -OCH3 is 3.